The molecule has 2 aromatic rings. The molecule has 0 atom stereocenters. The summed E-state index contributed by atoms with van der Waals surface area (Å²) < 4.78 is 10.7. The van der Waals surface area contributed by atoms with Gasteiger partial charge in [-0.15, -0.1) is 0 Å². The highest BCUT2D eigenvalue weighted by Gasteiger charge is 2.14. The molecule has 2 N–H and O–H groups in total. The van der Waals surface area contributed by atoms with Crippen LogP contribution < -0.4 is 15.4 Å². The molecular formula is C17H20N2O4. The molecule has 2 rings (SSSR count). The van der Waals surface area contributed by atoms with Crippen LogP contribution in [0.4, 0.5) is 5.69 Å². The average Bonchev–Trinajstić information content (AvgIpc) is 2.84. The van der Waals surface area contributed by atoms with Crippen molar-refractivity contribution in [1.82, 2.24) is 5.32 Å². The number of hydrogen-bond acceptors (Lipinski definition) is 4. The van der Waals surface area contributed by atoms with Crippen LogP contribution in [0.5, 0.6) is 5.75 Å². The molecule has 1 aromatic carbocycles. The Bertz CT molecular complexity index is 689. The van der Waals surface area contributed by atoms with E-state index in [9.17, 15) is 9.59 Å². The first kappa shape index (κ1) is 16.6. The van der Waals surface area contributed by atoms with Gasteiger partial charge in [-0.3, -0.25) is 9.59 Å². The van der Waals surface area contributed by atoms with Crippen LogP contribution in [0, 0.1) is 13.8 Å². The minimum Gasteiger partial charge on any atom is -0.494 e. The maximum atomic E-state index is 11.9. The average molecular weight is 316 g/mol. The van der Waals surface area contributed by atoms with Gasteiger partial charge in [0.1, 0.15) is 17.3 Å². The molecule has 0 spiro atoms. The van der Waals surface area contributed by atoms with Gasteiger partial charge in [-0.05, 0) is 51.1 Å². The van der Waals surface area contributed by atoms with Gasteiger partial charge in [-0.25, -0.2) is 0 Å². The van der Waals surface area contributed by atoms with Crippen LogP contribution in [0.1, 0.15) is 24.0 Å². The summed E-state index contributed by atoms with van der Waals surface area (Å²) in [5, 5.41) is 5.11. The number of amides is 2. The first-order valence-corrected chi connectivity index (χ1v) is 7.37. The lowest BCUT2D eigenvalue weighted by Gasteiger charge is -2.07. The summed E-state index contributed by atoms with van der Waals surface area (Å²) in [6.07, 6.45) is 0. The fourth-order valence-corrected chi connectivity index (χ4v) is 2.10. The second kappa shape index (κ2) is 7.49. The van der Waals surface area contributed by atoms with Gasteiger partial charge in [0, 0.05) is 17.8 Å². The molecule has 0 aliphatic rings. The Morgan fingerprint density at radius 3 is 2.39 bits per heavy atom. The Morgan fingerprint density at radius 1 is 1.13 bits per heavy atom. The number of ether oxygens (including phenoxy) is 1. The highest BCUT2D eigenvalue weighted by molar-refractivity contribution is 6.39. The number of anilines is 1. The Labute approximate surface area is 134 Å². The van der Waals surface area contributed by atoms with Crippen molar-refractivity contribution < 1.29 is 18.7 Å². The predicted octanol–water partition coefficient (Wildman–Crippen LogP) is 2.55. The molecule has 23 heavy (non-hydrogen) atoms. The predicted molar refractivity (Wildman–Crippen MR) is 86.3 cm³/mol. The number of carbonyl (C=O) groups excluding carboxylic acids is 2. The van der Waals surface area contributed by atoms with Gasteiger partial charge in [0.25, 0.3) is 0 Å². The third kappa shape index (κ3) is 4.60. The van der Waals surface area contributed by atoms with Crippen LogP contribution >= 0.6 is 0 Å². The van der Waals surface area contributed by atoms with Crippen LogP contribution in [0.2, 0.25) is 0 Å². The number of benzene rings is 1. The highest BCUT2D eigenvalue weighted by atomic mass is 16.5. The molecule has 6 nitrogen and oxygen atoms in total. The van der Waals surface area contributed by atoms with Crippen molar-refractivity contribution in [3.8, 4) is 5.75 Å². The van der Waals surface area contributed by atoms with Crippen LogP contribution in [-0.4, -0.2) is 18.4 Å². The maximum absolute atomic E-state index is 11.9. The summed E-state index contributed by atoms with van der Waals surface area (Å²) in [4.78, 5) is 23.7. The van der Waals surface area contributed by atoms with Crippen molar-refractivity contribution in [3.05, 3.63) is 47.4 Å². The number of aryl methyl sites for hydroxylation is 2. The Morgan fingerprint density at radius 2 is 1.83 bits per heavy atom. The second-order valence-corrected chi connectivity index (χ2v) is 5.03. The number of hydrogen-bond donors (Lipinski definition) is 2. The molecule has 0 bridgehead atoms. The molecular weight excluding hydrogens is 296 g/mol. The zero-order valence-corrected chi connectivity index (χ0v) is 13.4. The normalized spacial score (nSPS) is 10.2. The van der Waals surface area contributed by atoms with Crippen molar-refractivity contribution in [3.63, 3.8) is 0 Å². The van der Waals surface area contributed by atoms with E-state index in [1.165, 1.54) is 0 Å². The molecule has 1 heterocycles. The number of carbonyl (C=O) groups is 2. The fourth-order valence-electron chi connectivity index (χ4n) is 2.10. The van der Waals surface area contributed by atoms with Crippen molar-refractivity contribution >= 4 is 17.5 Å². The van der Waals surface area contributed by atoms with Gasteiger partial charge in [-0.2, -0.15) is 0 Å². The van der Waals surface area contributed by atoms with Crippen molar-refractivity contribution in [2.45, 2.75) is 27.3 Å². The number of furan rings is 1. The molecule has 0 saturated carbocycles. The van der Waals surface area contributed by atoms with E-state index in [1.807, 2.05) is 26.8 Å². The summed E-state index contributed by atoms with van der Waals surface area (Å²) in [5.74, 6) is 0.797. The van der Waals surface area contributed by atoms with E-state index in [-0.39, 0.29) is 6.54 Å². The first-order valence-electron chi connectivity index (χ1n) is 7.37. The largest absolute Gasteiger partial charge is 0.494 e. The lowest BCUT2D eigenvalue weighted by atomic mass is 10.2. The summed E-state index contributed by atoms with van der Waals surface area (Å²) >= 11 is 0. The third-order valence-corrected chi connectivity index (χ3v) is 3.21. The topological polar surface area (TPSA) is 80.6 Å². The van der Waals surface area contributed by atoms with Gasteiger partial charge in [-0.1, -0.05) is 0 Å². The molecule has 0 saturated heterocycles. The number of rotatable bonds is 5. The highest BCUT2D eigenvalue weighted by Crippen LogP contribution is 2.16. The molecule has 2 amide bonds. The van der Waals surface area contributed by atoms with Crippen LogP contribution in [-0.2, 0) is 16.1 Å². The van der Waals surface area contributed by atoms with E-state index in [4.69, 9.17) is 9.15 Å². The Kier molecular flexibility index (Phi) is 5.41. The van der Waals surface area contributed by atoms with Crippen LogP contribution in [0.25, 0.3) is 0 Å². The van der Waals surface area contributed by atoms with Crippen molar-refractivity contribution in [1.29, 1.82) is 0 Å². The molecule has 0 fully saturated rings. The molecule has 0 radical (unpaired) electrons. The molecule has 122 valence electrons. The molecule has 6 heteroatoms. The van der Waals surface area contributed by atoms with E-state index >= 15 is 0 Å². The SMILES string of the molecule is CCOc1ccc(NC(=O)C(=O)NCc2cc(C)oc2C)cc1. The first-order chi connectivity index (χ1) is 11.0. The Balaban J connectivity index is 1.87. The van der Waals surface area contributed by atoms with Crippen LogP contribution in [0.3, 0.4) is 0 Å². The van der Waals surface area contributed by atoms with Gasteiger partial charge in [0.15, 0.2) is 0 Å². The lowest BCUT2D eigenvalue weighted by molar-refractivity contribution is -0.136. The van der Waals surface area contributed by atoms with Crippen molar-refractivity contribution in [2.24, 2.45) is 0 Å². The maximum Gasteiger partial charge on any atom is 0.313 e. The zero-order valence-electron chi connectivity index (χ0n) is 13.4. The molecule has 0 aliphatic heterocycles. The zero-order chi connectivity index (χ0) is 16.8. The van der Waals surface area contributed by atoms with E-state index < -0.39 is 11.8 Å². The molecule has 0 unspecified atom stereocenters. The van der Waals surface area contributed by atoms with Gasteiger partial charge in [0.2, 0.25) is 0 Å². The Hall–Kier alpha value is -2.76. The van der Waals surface area contributed by atoms with E-state index in [0.717, 1.165) is 17.1 Å². The minimum absolute atomic E-state index is 0.249. The third-order valence-electron chi connectivity index (χ3n) is 3.21. The van der Waals surface area contributed by atoms with Gasteiger partial charge in [0.05, 0.1) is 6.61 Å². The van der Waals surface area contributed by atoms with E-state index in [0.29, 0.717) is 18.0 Å². The lowest BCUT2D eigenvalue weighted by Crippen LogP contribution is -2.35. The quantitative estimate of drug-likeness (QED) is 0.831. The summed E-state index contributed by atoms with van der Waals surface area (Å²) in [6, 6.07) is 8.66. The molecule has 1 aromatic heterocycles. The molecule has 0 aliphatic carbocycles. The number of nitrogens with one attached hydrogen (secondary N) is 2. The van der Waals surface area contributed by atoms with Crippen LogP contribution in [0.15, 0.2) is 34.7 Å². The monoisotopic (exact) mass is 316 g/mol. The fraction of sp³-hybridized carbons (Fsp3) is 0.294. The van der Waals surface area contributed by atoms with Gasteiger partial charge < -0.3 is 19.8 Å². The summed E-state index contributed by atoms with van der Waals surface area (Å²) in [6.45, 7) is 6.36. The standard InChI is InChI=1S/C17H20N2O4/c1-4-22-15-7-5-14(6-8-15)19-17(21)16(20)18-10-13-9-11(2)23-12(13)3/h5-9H,4,10H2,1-3H3,(H,18,20)(H,19,21). The van der Waals surface area contributed by atoms with E-state index in [1.54, 1.807) is 24.3 Å². The smallest absolute Gasteiger partial charge is 0.313 e. The van der Waals surface area contributed by atoms with E-state index in [2.05, 4.69) is 10.6 Å². The summed E-state index contributed by atoms with van der Waals surface area (Å²) in [5.41, 5.74) is 1.38. The van der Waals surface area contributed by atoms with Crippen molar-refractivity contribution in [2.75, 3.05) is 11.9 Å². The minimum atomic E-state index is -0.716. The van der Waals surface area contributed by atoms with Gasteiger partial charge >= 0.3 is 11.8 Å². The second-order valence-electron chi connectivity index (χ2n) is 5.03. The summed E-state index contributed by atoms with van der Waals surface area (Å²) in [7, 11) is 0.